The van der Waals surface area contributed by atoms with Gasteiger partial charge in [-0.05, 0) is 54.3 Å². The van der Waals surface area contributed by atoms with Gasteiger partial charge >= 0.3 is 0 Å². The van der Waals surface area contributed by atoms with E-state index in [9.17, 15) is 4.79 Å². The molecule has 3 aromatic rings. The van der Waals surface area contributed by atoms with Crippen LogP contribution in [0.3, 0.4) is 0 Å². The number of thioether (sulfide) groups is 1. The third-order valence-corrected chi connectivity index (χ3v) is 6.54. The second kappa shape index (κ2) is 10.1. The quantitative estimate of drug-likeness (QED) is 0.507. The average Bonchev–Trinajstić information content (AvgIpc) is 3.15. The number of anilines is 1. The molecule has 0 aliphatic rings. The topological polar surface area (TPSA) is 64.2 Å². The van der Waals surface area contributed by atoms with Crippen molar-refractivity contribution in [1.82, 2.24) is 14.8 Å². The molecule has 2 aromatic carbocycles. The van der Waals surface area contributed by atoms with Crippen LogP contribution in [0.1, 0.15) is 45.1 Å². The van der Waals surface area contributed by atoms with Crippen LogP contribution in [0.4, 0.5) is 5.69 Å². The highest BCUT2D eigenvalue weighted by Gasteiger charge is 2.24. The largest absolute Gasteiger partial charge is 0.331 e. The van der Waals surface area contributed by atoms with E-state index in [4.69, 9.17) is 11.6 Å². The zero-order valence-corrected chi connectivity index (χ0v) is 21.0. The number of halogens is 1. The molecule has 0 spiro atoms. The van der Waals surface area contributed by atoms with Crippen LogP contribution >= 0.6 is 23.4 Å². The van der Waals surface area contributed by atoms with Crippen LogP contribution < -0.4 is 10.2 Å². The van der Waals surface area contributed by atoms with Crippen LogP contribution in [0.15, 0.2) is 53.7 Å². The first-order valence-corrected chi connectivity index (χ1v) is 12.0. The lowest BCUT2D eigenvalue weighted by atomic mass is 9.87. The highest BCUT2D eigenvalue weighted by atomic mass is 35.5. The van der Waals surface area contributed by atoms with E-state index in [2.05, 4.69) is 69.4 Å². The molecule has 0 aliphatic heterocycles. The lowest BCUT2D eigenvalue weighted by molar-refractivity contribution is -0.890. The van der Waals surface area contributed by atoms with Gasteiger partial charge in [0.25, 0.3) is 0 Å². The summed E-state index contributed by atoms with van der Waals surface area (Å²) in [5, 5.41) is 13.1. The van der Waals surface area contributed by atoms with Gasteiger partial charge in [0.2, 0.25) is 5.91 Å². The molecule has 8 heteroatoms. The lowest BCUT2D eigenvalue weighted by Crippen LogP contribution is -3.05. The highest BCUT2D eigenvalue weighted by Crippen LogP contribution is 2.26. The normalized spacial score (nSPS) is 12.8. The summed E-state index contributed by atoms with van der Waals surface area (Å²) >= 11 is 7.44. The van der Waals surface area contributed by atoms with E-state index in [1.165, 1.54) is 22.2 Å². The summed E-state index contributed by atoms with van der Waals surface area (Å²) < 4.78 is 2.00. The number of hydrogen-bond acceptors (Lipinski definition) is 4. The fourth-order valence-electron chi connectivity index (χ4n) is 3.13. The Labute approximate surface area is 199 Å². The Balaban J connectivity index is 1.75. The molecule has 0 unspecified atom stereocenters. The third kappa shape index (κ3) is 5.91. The van der Waals surface area contributed by atoms with E-state index in [0.717, 1.165) is 17.2 Å². The number of amides is 1. The molecule has 170 valence electrons. The molecule has 1 atom stereocenters. The molecule has 1 heterocycles. The molecule has 3 rings (SSSR count). The van der Waals surface area contributed by atoms with Crippen molar-refractivity contribution in [2.45, 2.75) is 44.3 Å². The SMILES string of the molecule is C[C@@H](c1nnc(SCC(=O)Nc2ccc(C(C)(C)C)cc2)n1-c1ccc(Cl)cc1)[NH+](C)C. The van der Waals surface area contributed by atoms with E-state index in [-0.39, 0.29) is 23.1 Å². The molecular weight excluding hydrogens is 442 g/mol. The predicted octanol–water partition coefficient (Wildman–Crippen LogP) is 4.15. The summed E-state index contributed by atoms with van der Waals surface area (Å²) in [6.07, 6.45) is 0. The lowest BCUT2D eigenvalue weighted by Gasteiger charge is -2.19. The van der Waals surface area contributed by atoms with Gasteiger partial charge in [-0.2, -0.15) is 0 Å². The van der Waals surface area contributed by atoms with Gasteiger partial charge in [-0.3, -0.25) is 9.36 Å². The molecule has 0 saturated carbocycles. The molecule has 0 bridgehead atoms. The smallest absolute Gasteiger partial charge is 0.234 e. The second-order valence-electron chi connectivity index (χ2n) is 9.12. The van der Waals surface area contributed by atoms with Crippen molar-refractivity contribution in [1.29, 1.82) is 0 Å². The highest BCUT2D eigenvalue weighted by molar-refractivity contribution is 7.99. The fourth-order valence-corrected chi connectivity index (χ4v) is 4.01. The Hall–Kier alpha value is -2.35. The summed E-state index contributed by atoms with van der Waals surface area (Å²) in [6, 6.07) is 15.7. The van der Waals surface area contributed by atoms with Crippen LogP contribution in [0.2, 0.25) is 5.02 Å². The monoisotopic (exact) mass is 472 g/mol. The van der Waals surface area contributed by atoms with Crippen molar-refractivity contribution in [3.63, 3.8) is 0 Å². The summed E-state index contributed by atoms with van der Waals surface area (Å²) in [5.41, 5.74) is 3.01. The number of carbonyl (C=O) groups is 1. The molecular formula is C24H31ClN5OS+. The van der Waals surface area contributed by atoms with Gasteiger partial charge in [-0.1, -0.05) is 56.3 Å². The number of aromatic nitrogens is 3. The molecule has 1 aromatic heterocycles. The van der Waals surface area contributed by atoms with Gasteiger partial charge in [0.05, 0.1) is 19.8 Å². The van der Waals surface area contributed by atoms with Crippen LogP contribution in [-0.2, 0) is 10.2 Å². The summed E-state index contributed by atoms with van der Waals surface area (Å²) in [4.78, 5) is 13.8. The Morgan fingerprint density at radius 3 is 2.28 bits per heavy atom. The minimum Gasteiger partial charge on any atom is -0.331 e. The van der Waals surface area contributed by atoms with Crippen molar-refractivity contribution >= 4 is 35.0 Å². The van der Waals surface area contributed by atoms with Crippen LogP contribution in [0, 0.1) is 0 Å². The first-order chi connectivity index (χ1) is 15.1. The maximum atomic E-state index is 12.6. The zero-order chi connectivity index (χ0) is 23.5. The Kier molecular flexibility index (Phi) is 7.64. The first-order valence-electron chi connectivity index (χ1n) is 10.6. The maximum absolute atomic E-state index is 12.6. The number of hydrogen-bond donors (Lipinski definition) is 2. The molecule has 0 radical (unpaired) electrons. The Morgan fingerprint density at radius 1 is 1.09 bits per heavy atom. The van der Waals surface area contributed by atoms with E-state index in [1.807, 2.05) is 41.0 Å². The van der Waals surface area contributed by atoms with Crippen LogP contribution in [0.5, 0.6) is 0 Å². The Morgan fingerprint density at radius 2 is 1.72 bits per heavy atom. The van der Waals surface area contributed by atoms with E-state index in [1.54, 1.807) is 0 Å². The number of rotatable bonds is 7. The summed E-state index contributed by atoms with van der Waals surface area (Å²) in [7, 11) is 4.16. The van der Waals surface area contributed by atoms with Crippen molar-refractivity contribution in [2.75, 3.05) is 25.2 Å². The van der Waals surface area contributed by atoms with Crippen molar-refractivity contribution < 1.29 is 9.69 Å². The fraction of sp³-hybridized carbons (Fsp3) is 0.375. The van der Waals surface area contributed by atoms with Crippen molar-refractivity contribution in [2.24, 2.45) is 0 Å². The van der Waals surface area contributed by atoms with Crippen LogP contribution in [0.25, 0.3) is 5.69 Å². The summed E-state index contributed by atoms with van der Waals surface area (Å²) in [6.45, 7) is 8.61. The van der Waals surface area contributed by atoms with Gasteiger partial charge in [-0.15, -0.1) is 10.2 Å². The van der Waals surface area contributed by atoms with Gasteiger partial charge < -0.3 is 10.2 Å². The minimum atomic E-state index is -0.0861. The molecule has 0 saturated heterocycles. The number of benzene rings is 2. The number of nitrogens with zero attached hydrogens (tertiary/aromatic N) is 3. The van der Waals surface area contributed by atoms with Crippen molar-refractivity contribution in [3.05, 3.63) is 64.9 Å². The predicted molar refractivity (Wildman–Crippen MR) is 132 cm³/mol. The summed E-state index contributed by atoms with van der Waals surface area (Å²) in [5.74, 6) is 0.987. The maximum Gasteiger partial charge on any atom is 0.234 e. The van der Waals surface area contributed by atoms with Crippen molar-refractivity contribution in [3.8, 4) is 5.69 Å². The third-order valence-electron chi connectivity index (χ3n) is 5.36. The van der Waals surface area contributed by atoms with Crippen LogP contribution in [-0.4, -0.2) is 40.5 Å². The molecule has 2 N–H and O–H groups in total. The molecule has 32 heavy (non-hydrogen) atoms. The zero-order valence-electron chi connectivity index (χ0n) is 19.4. The van der Waals surface area contributed by atoms with Gasteiger partial charge in [0.1, 0.15) is 6.04 Å². The molecule has 1 amide bonds. The second-order valence-corrected chi connectivity index (χ2v) is 10.5. The molecule has 0 fully saturated rings. The molecule has 6 nitrogen and oxygen atoms in total. The van der Waals surface area contributed by atoms with E-state index >= 15 is 0 Å². The average molecular weight is 473 g/mol. The van der Waals surface area contributed by atoms with E-state index in [0.29, 0.717) is 10.2 Å². The molecule has 0 aliphatic carbocycles. The van der Waals surface area contributed by atoms with E-state index < -0.39 is 0 Å². The number of quaternary nitrogens is 1. The number of nitrogens with one attached hydrogen (secondary N) is 2. The first kappa shape index (κ1) is 24.3. The van der Waals surface area contributed by atoms with Gasteiger partial charge in [0.15, 0.2) is 11.0 Å². The standard InChI is InChI=1S/C24H30ClN5OS/c1-16(29(5)6)22-27-28-23(30(22)20-13-9-18(25)10-14-20)32-15-21(31)26-19-11-7-17(8-12-19)24(2,3)4/h7-14,16H,15H2,1-6H3,(H,26,31)/p+1/t16-/m0/s1. The number of carbonyl (C=O) groups excluding carboxylic acids is 1. The Bertz CT molecular complexity index is 1060. The minimum absolute atomic E-state index is 0.0766. The van der Waals surface area contributed by atoms with Gasteiger partial charge in [-0.25, -0.2) is 0 Å². The van der Waals surface area contributed by atoms with Gasteiger partial charge in [0, 0.05) is 16.4 Å².